The number of amides is 1. The first kappa shape index (κ1) is 12.6. The van der Waals surface area contributed by atoms with Crippen molar-refractivity contribution >= 4 is 22.4 Å². The summed E-state index contributed by atoms with van der Waals surface area (Å²) >= 11 is 1.40. The third-order valence-corrected chi connectivity index (χ3v) is 3.61. The van der Waals surface area contributed by atoms with Crippen LogP contribution in [0.1, 0.15) is 16.2 Å². The molecule has 3 aromatic rings. The summed E-state index contributed by atoms with van der Waals surface area (Å²) in [7, 11) is 0. The molecule has 0 saturated heterocycles. The average molecular weight is 284 g/mol. The number of benzene rings is 1. The number of thiazole rings is 1. The maximum Gasteiger partial charge on any atom is 0.275 e. The summed E-state index contributed by atoms with van der Waals surface area (Å²) in [5, 5.41) is 12.1. The van der Waals surface area contributed by atoms with Gasteiger partial charge >= 0.3 is 0 Å². The molecular weight excluding hydrogens is 272 g/mol. The lowest BCUT2D eigenvalue weighted by molar-refractivity contribution is 0.102. The standard InChI is InChI=1S/C14H12N4OS/c1-9-8-20-14(15-9)16-13(19)12-7-11(17-18-12)10-5-3-2-4-6-10/h2-8H,1H3,(H,17,18)(H,15,16,19). The van der Waals surface area contributed by atoms with Gasteiger partial charge in [-0.3, -0.25) is 15.2 Å². The molecule has 0 bridgehead atoms. The van der Waals surface area contributed by atoms with Gasteiger partial charge in [-0.1, -0.05) is 30.3 Å². The molecule has 0 aliphatic rings. The van der Waals surface area contributed by atoms with Crippen LogP contribution >= 0.6 is 11.3 Å². The second-order valence-electron chi connectivity index (χ2n) is 4.28. The minimum Gasteiger partial charge on any atom is -0.297 e. The van der Waals surface area contributed by atoms with Crippen molar-refractivity contribution in [3.8, 4) is 11.3 Å². The molecule has 0 saturated carbocycles. The highest BCUT2D eigenvalue weighted by atomic mass is 32.1. The maximum absolute atomic E-state index is 12.1. The van der Waals surface area contributed by atoms with Crippen molar-refractivity contribution in [2.75, 3.05) is 5.32 Å². The van der Waals surface area contributed by atoms with Gasteiger partial charge in [-0.25, -0.2) is 4.98 Å². The highest BCUT2D eigenvalue weighted by Crippen LogP contribution is 2.19. The number of anilines is 1. The van der Waals surface area contributed by atoms with E-state index >= 15 is 0 Å². The van der Waals surface area contributed by atoms with Gasteiger partial charge in [0.1, 0.15) is 5.69 Å². The lowest BCUT2D eigenvalue weighted by Crippen LogP contribution is -2.12. The van der Waals surface area contributed by atoms with Gasteiger partial charge in [-0.2, -0.15) is 5.10 Å². The Labute approximate surface area is 119 Å². The van der Waals surface area contributed by atoms with Crippen LogP contribution in [0.15, 0.2) is 41.8 Å². The van der Waals surface area contributed by atoms with Crippen molar-refractivity contribution < 1.29 is 4.79 Å². The van der Waals surface area contributed by atoms with Crippen LogP contribution in [0, 0.1) is 6.92 Å². The summed E-state index contributed by atoms with van der Waals surface area (Å²) in [6.07, 6.45) is 0. The molecule has 0 unspecified atom stereocenters. The molecule has 0 aliphatic heterocycles. The van der Waals surface area contributed by atoms with Gasteiger partial charge in [-0.15, -0.1) is 11.3 Å². The molecule has 1 aromatic carbocycles. The van der Waals surface area contributed by atoms with Crippen molar-refractivity contribution in [1.29, 1.82) is 0 Å². The molecular formula is C14H12N4OS. The van der Waals surface area contributed by atoms with Crippen LogP contribution in [0.5, 0.6) is 0 Å². The van der Waals surface area contributed by atoms with Crippen molar-refractivity contribution in [3.63, 3.8) is 0 Å². The molecule has 2 N–H and O–H groups in total. The van der Waals surface area contributed by atoms with E-state index in [2.05, 4.69) is 20.5 Å². The van der Waals surface area contributed by atoms with E-state index in [4.69, 9.17) is 0 Å². The van der Waals surface area contributed by atoms with Crippen LogP contribution < -0.4 is 5.32 Å². The number of H-pyrrole nitrogens is 1. The SMILES string of the molecule is Cc1csc(NC(=O)c2cc(-c3ccccc3)n[nH]2)n1. The van der Waals surface area contributed by atoms with E-state index in [0.717, 1.165) is 17.0 Å². The molecule has 5 nitrogen and oxygen atoms in total. The first-order chi connectivity index (χ1) is 9.72. The Morgan fingerprint density at radius 2 is 2.10 bits per heavy atom. The Kier molecular flexibility index (Phi) is 3.30. The lowest BCUT2D eigenvalue weighted by Gasteiger charge is -1.97. The molecule has 0 aliphatic carbocycles. The Morgan fingerprint density at radius 3 is 2.80 bits per heavy atom. The van der Waals surface area contributed by atoms with E-state index in [1.165, 1.54) is 11.3 Å². The molecule has 0 radical (unpaired) electrons. The highest BCUT2D eigenvalue weighted by molar-refractivity contribution is 7.13. The van der Waals surface area contributed by atoms with Gasteiger partial charge in [0, 0.05) is 10.9 Å². The molecule has 20 heavy (non-hydrogen) atoms. The summed E-state index contributed by atoms with van der Waals surface area (Å²) in [5.74, 6) is -0.242. The number of carbonyl (C=O) groups excluding carboxylic acids is 1. The quantitative estimate of drug-likeness (QED) is 0.776. The van der Waals surface area contributed by atoms with Gasteiger partial charge in [-0.05, 0) is 13.0 Å². The zero-order valence-corrected chi connectivity index (χ0v) is 11.6. The zero-order chi connectivity index (χ0) is 13.9. The monoisotopic (exact) mass is 284 g/mol. The molecule has 6 heteroatoms. The Hall–Kier alpha value is -2.47. The normalized spacial score (nSPS) is 10.4. The predicted molar refractivity (Wildman–Crippen MR) is 78.8 cm³/mol. The van der Waals surface area contributed by atoms with E-state index in [-0.39, 0.29) is 5.91 Å². The minimum atomic E-state index is -0.242. The van der Waals surface area contributed by atoms with E-state index in [0.29, 0.717) is 10.8 Å². The first-order valence-corrected chi connectivity index (χ1v) is 6.94. The van der Waals surface area contributed by atoms with Crippen molar-refractivity contribution in [2.45, 2.75) is 6.92 Å². The fraction of sp³-hybridized carbons (Fsp3) is 0.0714. The minimum absolute atomic E-state index is 0.242. The maximum atomic E-state index is 12.1. The van der Waals surface area contributed by atoms with Gasteiger partial charge in [0.25, 0.3) is 5.91 Å². The molecule has 2 aromatic heterocycles. The molecule has 2 heterocycles. The zero-order valence-electron chi connectivity index (χ0n) is 10.8. The summed E-state index contributed by atoms with van der Waals surface area (Å²) in [5.41, 5.74) is 3.01. The number of rotatable bonds is 3. The summed E-state index contributed by atoms with van der Waals surface area (Å²) in [6.45, 7) is 1.88. The topological polar surface area (TPSA) is 70.7 Å². The second-order valence-corrected chi connectivity index (χ2v) is 5.14. The van der Waals surface area contributed by atoms with Gasteiger partial charge in [0.15, 0.2) is 5.13 Å². The number of hydrogen-bond acceptors (Lipinski definition) is 4. The number of nitrogens with one attached hydrogen (secondary N) is 2. The van der Waals surface area contributed by atoms with Crippen LogP contribution in [0.25, 0.3) is 11.3 Å². The van der Waals surface area contributed by atoms with Crippen LogP contribution in [0.3, 0.4) is 0 Å². The summed E-state index contributed by atoms with van der Waals surface area (Å²) < 4.78 is 0. The summed E-state index contributed by atoms with van der Waals surface area (Å²) in [4.78, 5) is 16.2. The Bertz CT molecular complexity index is 732. The number of nitrogens with zero attached hydrogens (tertiary/aromatic N) is 2. The number of hydrogen-bond donors (Lipinski definition) is 2. The van der Waals surface area contributed by atoms with E-state index in [1.54, 1.807) is 6.07 Å². The molecule has 100 valence electrons. The molecule has 0 spiro atoms. The second kappa shape index (κ2) is 5.26. The summed E-state index contributed by atoms with van der Waals surface area (Å²) in [6, 6.07) is 11.4. The molecule has 3 rings (SSSR count). The van der Waals surface area contributed by atoms with Gasteiger partial charge < -0.3 is 0 Å². The van der Waals surface area contributed by atoms with E-state index in [9.17, 15) is 4.79 Å². The molecule has 0 fully saturated rings. The third-order valence-electron chi connectivity index (χ3n) is 2.73. The number of aromatic amines is 1. The van der Waals surface area contributed by atoms with Crippen LogP contribution in [0.4, 0.5) is 5.13 Å². The van der Waals surface area contributed by atoms with Crippen molar-refractivity contribution in [1.82, 2.24) is 15.2 Å². The Balaban J connectivity index is 1.78. The first-order valence-electron chi connectivity index (χ1n) is 6.07. The number of aromatic nitrogens is 3. The molecule has 1 amide bonds. The van der Waals surface area contributed by atoms with Crippen LogP contribution in [-0.2, 0) is 0 Å². The predicted octanol–water partition coefficient (Wildman–Crippen LogP) is 3.09. The number of carbonyl (C=O) groups is 1. The Morgan fingerprint density at radius 1 is 1.30 bits per heavy atom. The lowest BCUT2D eigenvalue weighted by atomic mass is 10.1. The van der Waals surface area contributed by atoms with Crippen molar-refractivity contribution in [2.24, 2.45) is 0 Å². The molecule has 0 atom stereocenters. The number of aryl methyl sites for hydroxylation is 1. The average Bonchev–Trinajstić information content (AvgIpc) is 3.09. The fourth-order valence-electron chi connectivity index (χ4n) is 1.77. The van der Waals surface area contributed by atoms with Gasteiger partial charge in [0.2, 0.25) is 0 Å². The smallest absolute Gasteiger partial charge is 0.275 e. The largest absolute Gasteiger partial charge is 0.297 e. The van der Waals surface area contributed by atoms with Crippen LogP contribution in [0.2, 0.25) is 0 Å². The fourth-order valence-corrected chi connectivity index (χ4v) is 2.45. The van der Waals surface area contributed by atoms with Gasteiger partial charge in [0.05, 0.1) is 11.4 Å². The highest BCUT2D eigenvalue weighted by Gasteiger charge is 2.12. The third kappa shape index (κ3) is 2.60. The van der Waals surface area contributed by atoms with E-state index < -0.39 is 0 Å². The van der Waals surface area contributed by atoms with Crippen LogP contribution in [-0.4, -0.2) is 21.1 Å². The van der Waals surface area contributed by atoms with Crippen molar-refractivity contribution in [3.05, 3.63) is 53.2 Å². The van der Waals surface area contributed by atoms with E-state index in [1.807, 2.05) is 42.6 Å².